The highest BCUT2D eigenvalue weighted by Gasteiger charge is 2.85. The molecule has 2 aliphatic heterocycles. The first kappa shape index (κ1) is 19.7. The number of phosphoric ester groups is 1. The predicted octanol–water partition coefficient (Wildman–Crippen LogP) is 1.79. The Labute approximate surface area is 180 Å². The smallest absolute Gasteiger partial charge is 0.391 e. The molecule has 0 radical (unpaired) electrons. The minimum Gasteiger partial charge on any atom is -0.391 e. The number of ether oxygens (including phenoxy) is 1. The standard InChI is InChI=1S/C18H18FN6O6P/c1-17(19)15(25-7-22-10-13(21-2)23-16(20)24-14(10)25)28-11-12(18(11,17)26)31-32(27)29-8-5-3-4-6-9(8)30-32/h3-7,11-12,15,26H,1-2H3,(H3,20,21,23,24)/t11-,12?,15-,17+,18+/m1/s1. The minimum atomic E-state index is -4.11. The minimum absolute atomic E-state index is 0.0413. The number of halogens is 1. The second kappa shape index (κ2) is 6.07. The Kier molecular flexibility index (Phi) is 3.73. The maximum absolute atomic E-state index is 16.0. The van der Waals surface area contributed by atoms with Gasteiger partial charge in [0, 0.05) is 7.05 Å². The number of benzene rings is 1. The summed E-state index contributed by atoms with van der Waals surface area (Å²) in [6, 6.07) is 6.47. The number of nitrogens with one attached hydrogen (secondary N) is 1. The number of phosphoric acid groups is 1. The van der Waals surface area contributed by atoms with Gasteiger partial charge in [-0.15, -0.1) is 0 Å². The summed E-state index contributed by atoms with van der Waals surface area (Å²) in [5.74, 6) is 0.791. The van der Waals surface area contributed by atoms with Crippen LogP contribution >= 0.6 is 7.82 Å². The number of aliphatic hydroxyl groups is 1. The van der Waals surface area contributed by atoms with Crippen molar-refractivity contribution >= 4 is 30.8 Å². The second-order valence-corrected chi connectivity index (χ2v) is 9.39. The lowest BCUT2D eigenvalue weighted by Gasteiger charge is -2.30. The number of alkyl halides is 1. The molecule has 2 fully saturated rings. The number of nitrogens with two attached hydrogens (primary N) is 1. The van der Waals surface area contributed by atoms with E-state index >= 15 is 4.39 Å². The van der Waals surface area contributed by atoms with Crippen LogP contribution in [0.3, 0.4) is 0 Å². The second-order valence-electron chi connectivity index (χ2n) is 7.92. The van der Waals surface area contributed by atoms with Crippen LogP contribution in [0.15, 0.2) is 30.6 Å². The molecule has 14 heteroatoms. The Bertz CT molecular complexity index is 1290. The fraction of sp³-hybridized carbons (Fsp3) is 0.389. The molecule has 1 saturated heterocycles. The highest BCUT2D eigenvalue weighted by Crippen LogP contribution is 2.68. The van der Waals surface area contributed by atoms with Crippen LogP contribution < -0.4 is 20.1 Å². The summed E-state index contributed by atoms with van der Waals surface area (Å²) in [5.41, 5.74) is 1.86. The molecule has 1 aromatic carbocycles. The Balaban J connectivity index is 1.29. The summed E-state index contributed by atoms with van der Waals surface area (Å²) in [6.07, 6.45) is -2.36. The molecule has 3 aliphatic rings. The van der Waals surface area contributed by atoms with Gasteiger partial charge in [-0.05, 0) is 19.1 Å². The van der Waals surface area contributed by atoms with Gasteiger partial charge in [0.15, 0.2) is 46.0 Å². The summed E-state index contributed by atoms with van der Waals surface area (Å²) in [6.45, 7) is 1.16. The van der Waals surface area contributed by atoms with Gasteiger partial charge in [0.1, 0.15) is 12.2 Å². The van der Waals surface area contributed by atoms with E-state index in [1.54, 1.807) is 31.3 Å². The molecular weight excluding hydrogens is 446 g/mol. The van der Waals surface area contributed by atoms with Crippen molar-refractivity contribution in [2.45, 2.75) is 36.6 Å². The topological polar surface area (TPSA) is 156 Å². The number of hydrogen-bond donors (Lipinski definition) is 3. The van der Waals surface area contributed by atoms with E-state index in [-0.39, 0.29) is 23.1 Å². The summed E-state index contributed by atoms with van der Waals surface area (Å²) >= 11 is 0. The van der Waals surface area contributed by atoms with Crippen molar-refractivity contribution in [3.05, 3.63) is 30.6 Å². The van der Waals surface area contributed by atoms with Crippen molar-refractivity contribution in [1.29, 1.82) is 0 Å². The molecule has 32 heavy (non-hydrogen) atoms. The number of imidazole rings is 1. The quantitative estimate of drug-likeness (QED) is 0.484. The third-order valence-corrected chi connectivity index (χ3v) is 7.32. The summed E-state index contributed by atoms with van der Waals surface area (Å²) in [5, 5.41) is 13.9. The Morgan fingerprint density at radius 3 is 2.59 bits per heavy atom. The van der Waals surface area contributed by atoms with Crippen molar-refractivity contribution in [2.75, 3.05) is 18.1 Å². The molecule has 1 saturated carbocycles. The van der Waals surface area contributed by atoms with Crippen LogP contribution in [-0.2, 0) is 13.8 Å². The third kappa shape index (κ3) is 2.41. The largest absolute Gasteiger partial charge is 0.588 e. The first-order chi connectivity index (χ1) is 15.2. The van der Waals surface area contributed by atoms with Crippen molar-refractivity contribution in [2.24, 2.45) is 0 Å². The van der Waals surface area contributed by atoms with Crippen LogP contribution in [0.5, 0.6) is 11.5 Å². The van der Waals surface area contributed by atoms with Crippen molar-refractivity contribution in [3.8, 4) is 11.5 Å². The average Bonchev–Trinajstić information content (AvgIpc) is 3.07. The number of rotatable bonds is 4. The van der Waals surface area contributed by atoms with Crippen LogP contribution in [0, 0.1) is 0 Å². The zero-order valence-electron chi connectivity index (χ0n) is 16.8. The molecule has 0 spiro atoms. The lowest BCUT2D eigenvalue weighted by atomic mass is 9.97. The monoisotopic (exact) mass is 464 g/mol. The molecule has 1 aliphatic carbocycles. The molecule has 3 aromatic rings. The van der Waals surface area contributed by atoms with Crippen LogP contribution in [0.4, 0.5) is 16.2 Å². The maximum Gasteiger partial charge on any atom is 0.588 e. The van der Waals surface area contributed by atoms with Crippen LogP contribution in [0.25, 0.3) is 11.2 Å². The van der Waals surface area contributed by atoms with E-state index in [1.807, 2.05) is 0 Å². The van der Waals surface area contributed by atoms with Crippen LogP contribution in [-0.4, -0.2) is 55.2 Å². The number of para-hydroxylation sites is 2. The Morgan fingerprint density at radius 1 is 1.31 bits per heavy atom. The highest BCUT2D eigenvalue weighted by atomic mass is 31.2. The van der Waals surface area contributed by atoms with Crippen molar-refractivity contribution in [1.82, 2.24) is 19.5 Å². The molecular formula is C18H18FN6O6P. The van der Waals surface area contributed by atoms with Crippen LogP contribution in [0.2, 0.25) is 0 Å². The summed E-state index contributed by atoms with van der Waals surface area (Å²) in [4.78, 5) is 12.4. The number of fused-ring (bicyclic) bond motifs is 3. The third-order valence-electron chi connectivity index (χ3n) is 6.00. The lowest BCUT2D eigenvalue weighted by Crippen LogP contribution is -2.45. The highest BCUT2D eigenvalue weighted by molar-refractivity contribution is 7.49. The van der Waals surface area contributed by atoms with Crippen LogP contribution in [0.1, 0.15) is 13.2 Å². The number of hydrogen-bond acceptors (Lipinski definition) is 11. The summed E-state index contributed by atoms with van der Waals surface area (Å²) in [7, 11) is -2.47. The number of anilines is 2. The molecule has 2 aromatic heterocycles. The molecule has 0 amide bonds. The van der Waals surface area contributed by atoms with E-state index in [9.17, 15) is 9.67 Å². The van der Waals surface area contributed by atoms with Gasteiger partial charge in [0.25, 0.3) is 0 Å². The molecule has 4 heterocycles. The maximum atomic E-state index is 16.0. The van der Waals surface area contributed by atoms with Gasteiger partial charge in [-0.1, -0.05) is 12.1 Å². The van der Waals surface area contributed by atoms with Gasteiger partial charge in [0.2, 0.25) is 5.95 Å². The van der Waals surface area contributed by atoms with Gasteiger partial charge in [-0.2, -0.15) is 9.97 Å². The predicted molar refractivity (Wildman–Crippen MR) is 108 cm³/mol. The SMILES string of the molecule is CNc1nc(N)nc2c1ncn2[C@@H]1O[C@@H]2C(OP3(=O)Oc4ccccc4O3)[C@]2(O)[C@@]1(C)F. The fourth-order valence-corrected chi connectivity index (χ4v) is 5.75. The van der Waals surface area contributed by atoms with E-state index in [0.29, 0.717) is 11.3 Å². The van der Waals surface area contributed by atoms with E-state index in [2.05, 4.69) is 20.3 Å². The Morgan fingerprint density at radius 2 is 2.00 bits per heavy atom. The molecule has 1 unspecified atom stereocenters. The zero-order chi connectivity index (χ0) is 22.5. The van der Waals surface area contributed by atoms with E-state index in [1.165, 1.54) is 10.9 Å². The fourth-order valence-electron chi connectivity index (χ4n) is 4.29. The molecule has 168 valence electrons. The zero-order valence-corrected chi connectivity index (χ0v) is 17.7. The van der Waals surface area contributed by atoms with E-state index in [4.69, 9.17) is 24.0 Å². The van der Waals surface area contributed by atoms with Crippen molar-refractivity contribution < 1.29 is 32.4 Å². The average molecular weight is 464 g/mol. The van der Waals surface area contributed by atoms with Gasteiger partial charge >= 0.3 is 7.82 Å². The van der Waals surface area contributed by atoms with Gasteiger partial charge < -0.3 is 29.9 Å². The van der Waals surface area contributed by atoms with Gasteiger partial charge in [-0.25, -0.2) is 13.9 Å². The first-order valence-corrected chi connectivity index (χ1v) is 11.2. The number of nitrogens with zero attached hydrogens (tertiary/aromatic N) is 4. The van der Waals surface area contributed by atoms with E-state index < -0.39 is 37.5 Å². The number of aromatic nitrogens is 4. The van der Waals surface area contributed by atoms with E-state index in [0.717, 1.165) is 6.92 Å². The van der Waals surface area contributed by atoms with Gasteiger partial charge in [0.05, 0.1) is 6.33 Å². The molecule has 5 atom stereocenters. The summed E-state index contributed by atoms with van der Waals surface area (Å²) < 4.78 is 52.0. The normalized spacial score (nSPS) is 33.9. The Hall–Kier alpha value is -2.99. The van der Waals surface area contributed by atoms with Crippen molar-refractivity contribution in [3.63, 3.8) is 0 Å². The number of nitrogen functional groups attached to an aromatic ring is 1. The first-order valence-electron chi connectivity index (χ1n) is 9.69. The molecule has 12 nitrogen and oxygen atoms in total. The van der Waals surface area contributed by atoms with Gasteiger partial charge in [-0.3, -0.25) is 9.09 Å². The molecule has 4 N–H and O–H groups in total. The molecule has 0 bridgehead atoms. The molecule has 6 rings (SSSR count). The lowest BCUT2D eigenvalue weighted by molar-refractivity contribution is -0.112.